The smallest absolute Gasteiger partial charge is 0.319 e. The van der Waals surface area contributed by atoms with Crippen LogP contribution in [0, 0.1) is 0 Å². The third-order valence-corrected chi connectivity index (χ3v) is 4.88. The Bertz CT molecular complexity index is 590. The van der Waals surface area contributed by atoms with Crippen LogP contribution in [0.15, 0.2) is 29.3 Å². The Hall–Kier alpha value is -1.16. The van der Waals surface area contributed by atoms with Gasteiger partial charge in [0.05, 0.1) is 6.54 Å². The van der Waals surface area contributed by atoms with Gasteiger partial charge >= 0.3 is 6.03 Å². The van der Waals surface area contributed by atoms with Crippen LogP contribution in [0.5, 0.6) is 0 Å². The molecule has 0 saturated carbocycles. The second kappa shape index (κ2) is 13.1. The predicted octanol–water partition coefficient (Wildman–Crippen LogP) is 4.03. The average molecular weight is 507 g/mol. The van der Waals surface area contributed by atoms with Crippen LogP contribution in [-0.4, -0.2) is 42.1 Å². The van der Waals surface area contributed by atoms with Gasteiger partial charge in [-0.05, 0) is 58.6 Å². The Kier molecular flexibility index (Phi) is 12.5. The molecule has 8 heteroatoms. The van der Waals surface area contributed by atoms with Gasteiger partial charge < -0.3 is 21.3 Å². The molecular weight excluding hydrogens is 473 g/mol. The first kappa shape index (κ1) is 25.8. The van der Waals surface area contributed by atoms with Gasteiger partial charge in [0.25, 0.3) is 0 Å². The van der Waals surface area contributed by atoms with Crippen LogP contribution in [0.2, 0.25) is 0 Å². The highest BCUT2D eigenvalue weighted by atomic mass is 127. The highest BCUT2D eigenvalue weighted by Gasteiger charge is 2.16. The van der Waals surface area contributed by atoms with Crippen LogP contribution < -0.4 is 21.3 Å². The van der Waals surface area contributed by atoms with Crippen LogP contribution in [0.25, 0.3) is 0 Å². The summed E-state index contributed by atoms with van der Waals surface area (Å²) in [6.45, 7) is 12.6. The average Bonchev–Trinajstić information content (AvgIpc) is 2.58. The molecule has 0 radical (unpaired) electrons. The van der Waals surface area contributed by atoms with Gasteiger partial charge in [-0.1, -0.05) is 12.1 Å². The summed E-state index contributed by atoms with van der Waals surface area (Å²) in [5.74, 6) is 0.813. The lowest BCUT2D eigenvalue weighted by Crippen LogP contribution is -2.43. The molecule has 0 aliphatic carbocycles. The van der Waals surface area contributed by atoms with Crippen molar-refractivity contribution in [2.45, 2.75) is 52.0 Å². The third-order valence-electron chi connectivity index (χ3n) is 3.63. The highest BCUT2D eigenvalue weighted by molar-refractivity contribution is 14.0. The van der Waals surface area contributed by atoms with E-state index in [0.29, 0.717) is 6.54 Å². The molecule has 0 saturated heterocycles. The van der Waals surface area contributed by atoms with Crippen molar-refractivity contribution in [3.05, 3.63) is 29.8 Å². The fourth-order valence-electron chi connectivity index (χ4n) is 2.00. The largest absolute Gasteiger partial charge is 0.357 e. The Balaban J connectivity index is 0.00000676. The molecule has 0 fully saturated rings. The van der Waals surface area contributed by atoms with Crippen LogP contribution in [0.3, 0.4) is 0 Å². The number of carbonyl (C=O) groups is 1. The van der Waals surface area contributed by atoms with Gasteiger partial charge in [-0.15, -0.1) is 24.0 Å². The molecule has 0 bridgehead atoms. The minimum atomic E-state index is -0.194. The van der Waals surface area contributed by atoms with Crippen molar-refractivity contribution < 1.29 is 4.79 Å². The molecular formula is C19H34IN5OS. The second-order valence-corrected chi connectivity index (χ2v) is 8.48. The van der Waals surface area contributed by atoms with Crippen LogP contribution in [-0.2, 0) is 6.54 Å². The number of nitrogens with zero attached hydrogens (tertiary/aromatic N) is 1. The van der Waals surface area contributed by atoms with Crippen molar-refractivity contribution in [1.29, 1.82) is 0 Å². The minimum absolute atomic E-state index is 0. The Morgan fingerprint density at radius 1 is 1.19 bits per heavy atom. The molecule has 154 valence electrons. The SMILES string of the molecule is CCNC(=NCc1ccc(NC(=O)NC(C)C)cc1)NCC(C)(C)SC.I. The summed E-state index contributed by atoms with van der Waals surface area (Å²) >= 11 is 1.83. The quantitative estimate of drug-likeness (QED) is 0.244. The van der Waals surface area contributed by atoms with E-state index < -0.39 is 0 Å². The summed E-state index contributed by atoms with van der Waals surface area (Å²) in [7, 11) is 0. The van der Waals surface area contributed by atoms with E-state index in [1.807, 2.05) is 49.9 Å². The Labute approximate surface area is 185 Å². The zero-order valence-corrected chi connectivity index (χ0v) is 20.3. The molecule has 2 amide bonds. The monoisotopic (exact) mass is 507 g/mol. The van der Waals surface area contributed by atoms with Crippen molar-refractivity contribution in [3.63, 3.8) is 0 Å². The molecule has 0 aliphatic heterocycles. The number of thioether (sulfide) groups is 1. The lowest BCUT2D eigenvalue weighted by molar-refractivity contribution is 0.250. The number of halogens is 1. The van der Waals surface area contributed by atoms with E-state index in [0.717, 1.165) is 30.3 Å². The standard InChI is InChI=1S/C19H33N5OS.HI/c1-7-20-17(22-13-19(4,5)26-6)21-12-15-8-10-16(11-9-15)24-18(25)23-14(2)3;/h8-11,14H,7,12-13H2,1-6H3,(H2,20,21,22)(H2,23,24,25);1H. The van der Waals surface area contributed by atoms with Crippen molar-refractivity contribution in [2.75, 3.05) is 24.7 Å². The third kappa shape index (κ3) is 11.3. The minimum Gasteiger partial charge on any atom is -0.357 e. The zero-order chi connectivity index (χ0) is 19.6. The topological polar surface area (TPSA) is 77.5 Å². The molecule has 27 heavy (non-hydrogen) atoms. The van der Waals surface area contributed by atoms with E-state index in [1.54, 1.807) is 0 Å². The summed E-state index contributed by atoms with van der Waals surface area (Å²) < 4.78 is 0.153. The number of guanidine groups is 1. The van der Waals surface area contributed by atoms with E-state index in [4.69, 9.17) is 0 Å². The fraction of sp³-hybridized carbons (Fsp3) is 0.579. The number of hydrogen-bond acceptors (Lipinski definition) is 3. The van der Waals surface area contributed by atoms with E-state index >= 15 is 0 Å². The summed E-state index contributed by atoms with van der Waals surface area (Å²) in [5, 5.41) is 12.3. The molecule has 0 spiro atoms. The maximum Gasteiger partial charge on any atom is 0.319 e. The van der Waals surface area contributed by atoms with Gasteiger partial charge in [0.2, 0.25) is 0 Å². The Morgan fingerprint density at radius 3 is 2.33 bits per heavy atom. The summed E-state index contributed by atoms with van der Waals surface area (Å²) in [4.78, 5) is 16.3. The van der Waals surface area contributed by atoms with Gasteiger partial charge in [-0.25, -0.2) is 9.79 Å². The summed E-state index contributed by atoms with van der Waals surface area (Å²) in [6, 6.07) is 7.65. The predicted molar refractivity (Wildman–Crippen MR) is 130 cm³/mol. The maximum atomic E-state index is 11.7. The fourth-order valence-corrected chi connectivity index (χ4v) is 2.22. The van der Waals surface area contributed by atoms with Gasteiger partial charge in [-0.2, -0.15) is 11.8 Å². The van der Waals surface area contributed by atoms with Gasteiger partial charge in [-0.3, -0.25) is 0 Å². The van der Waals surface area contributed by atoms with Gasteiger partial charge in [0.15, 0.2) is 5.96 Å². The molecule has 4 N–H and O–H groups in total. The number of nitrogens with one attached hydrogen (secondary N) is 4. The van der Waals surface area contributed by atoms with Crippen LogP contribution in [0.1, 0.15) is 40.2 Å². The van der Waals surface area contributed by atoms with Gasteiger partial charge in [0.1, 0.15) is 0 Å². The summed E-state index contributed by atoms with van der Waals surface area (Å²) in [6.07, 6.45) is 2.11. The molecule has 1 rings (SSSR count). The van der Waals surface area contributed by atoms with Crippen molar-refractivity contribution in [1.82, 2.24) is 16.0 Å². The molecule has 6 nitrogen and oxygen atoms in total. The number of anilines is 1. The first-order valence-corrected chi connectivity index (χ1v) is 10.2. The lowest BCUT2D eigenvalue weighted by atomic mass is 10.2. The van der Waals surface area contributed by atoms with Crippen LogP contribution >= 0.6 is 35.7 Å². The number of hydrogen-bond donors (Lipinski definition) is 4. The van der Waals surface area contributed by atoms with E-state index in [2.05, 4.69) is 53.3 Å². The first-order chi connectivity index (χ1) is 12.3. The zero-order valence-electron chi connectivity index (χ0n) is 17.2. The molecule has 1 aromatic carbocycles. The Morgan fingerprint density at radius 2 is 1.81 bits per heavy atom. The highest BCUT2D eigenvalue weighted by Crippen LogP contribution is 2.19. The van der Waals surface area contributed by atoms with E-state index in [1.165, 1.54) is 0 Å². The number of carbonyl (C=O) groups excluding carboxylic acids is 1. The van der Waals surface area contributed by atoms with E-state index in [-0.39, 0.29) is 40.8 Å². The number of amides is 2. The lowest BCUT2D eigenvalue weighted by Gasteiger charge is -2.23. The maximum absolute atomic E-state index is 11.7. The number of urea groups is 1. The molecule has 1 aromatic rings. The second-order valence-electron chi connectivity index (χ2n) is 6.96. The first-order valence-electron chi connectivity index (χ1n) is 8.99. The van der Waals surface area contributed by atoms with Crippen molar-refractivity contribution in [3.8, 4) is 0 Å². The summed E-state index contributed by atoms with van der Waals surface area (Å²) in [5.41, 5.74) is 1.85. The number of benzene rings is 1. The molecule has 0 heterocycles. The molecule has 0 aromatic heterocycles. The number of aliphatic imine (C=N–C) groups is 1. The van der Waals surface area contributed by atoms with Crippen LogP contribution in [0.4, 0.5) is 10.5 Å². The molecule has 0 aliphatic rings. The van der Waals surface area contributed by atoms with E-state index in [9.17, 15) is 4.79 Å². The van der Waals surface area contributed by atoms with Gasteiger partial charge in [0, 0.05) is 29.6 Å². The molecule has 0 unspecified atom stereocenters. The number of rotatable bonds is 8. The normalized spacial score (nSPS) is 11.6. The van der Waals surface area contributed by atoms with Crippen molar-refractivity contribution >= 4 is 53.4 Å². The molecule has 0 atom stereocenters. The van der Waals surface area contributed by atoms with Crippen molar-refractivity contribution in [2.24, 2.45) is 4.99 Å².